The van der Waals surface area contributed by atoms with Crippen molar-refractivity contribution in [3.63, 3.8) is 0 Å². The summed E-state index contributed by atoms with van der Waals surface area (Å²) in [6.07, 6.45) is 3.91. The van der Waals surface area contributed by atoms with Gasteiger partial charge in [0.25, 0.3) is 0 Å². The van der Waals surface area contributed by atoms with Crippen LogP contribution in [0.25, 0.3) is 0 Å². The molecular weight excluding hydrogens is 300 g/mol. The minimum atomic E-state index is -0.00974. The van der Waals surface area contributed by atoms with Crippen molar-refractivity contribution < 1.29 is 4.74 Å². The zero-order valence-electron chi connectivity index (χ0n) is 12.6. The first-order valence-corrected chi connectivity index (χ1v) is 8.08. The molecule has 0 bridgehead atoms. The molecule has 4 rings (SSSR count). The summed E-state index contributed by atoms with van der Waals surface area (Å²) in [5.74, 6) is 0.897. The van der Waals surface area contributed by atoms with Crippen LogP contribution >= 0.6 is 11.6 Å². The van der Waals surface area contributed by atoms with E-state index in [9.17, 15) is 0 Å². The van der Waals surface area contributed by atoms with Gasteiger partial charge in [-0.2, -0.15) is 0 Å². The average Bonchev–Trinajstić information content (AvgIpc) is 3.14. The molecule has 1 aromatic carbocycles. The second-order valence-electron chi connectivity index (χ2n) is 6.02. The fraction of sp³-hybridized carbons (Fsp3) is 0.500. The normalized spacial score (nSPS) is 25.4. The van der Waals surface area contributed by atoms with Gasteiger partial charge in [0, 0.05) is 31.2 Å². The monoisotopic (exact) mass is 318 g/mol. The van der Waals surface area contributed by atoms with E-state index in [1.807, 2.05) is 17.7 Å². The number of hydrogen-bond acceptors (Lipinski definition) is 4. The summed E-state index contributed by atoms with van der Waals surface area (Å²) in [4.78, 5) is 2.50. The second kappa shape index (κ2) is 5.65. The molecule has 1 aliphatic carbocycles. The molecule has 116 valence electrons. The minimum absolute atomic E-state index is 0.00974. The predicted octanol–water partition coefficient (Wildman–Crippen LogP) is 2.53. The Hall–Kier alpha value is -1.43. The Bertz CT molecular complexity index is 687. The van der Waals surface area contributed by atoms with Crippen LogP contribution in [0.3, 0.4) is 0 Å². The van der Waals surface area contributed by atoms with Gasteiger partial charge < -0.3 is 9.30 Å². The third kappa shape index (κ3) is 2.33. The molecule has 0 radical (unpaired) electrons. The zero-order valence-corrected chi connectivity index (χ0v) is 13.3. The molecule has 2 heterocycles. The number of hydrogen-bond donors (Lipinski definition) is 0. The molecule has 0 unspecified atom stereocenters. The third-order valence-electron chi connectivity index (χ3n) is 4.75. The summed E-state index contributed by atoms with van der Waals surface area (Å²) in [5.41, 5.74) is 2.70. The molecular formula is C16H19ClN4O. The van der Waals surface area contributed by atoms with Crippen molar-refractivity contribution in [1.29, 1.82) is 0 Å². The van der Waals surface area contributed by atoms with Gasteiger partial charge in [-0.25, -0.2) is 0 Å². The maximum Gasteiger partial charge on any atom is 0.163 e. The van der Waals surface area contributed by atoms with E-state index in [2.05, 4.69) is 27.2 Å². The number of rotatable bonds is 2. The number of aryl methyl sites for hydroxylation is 1. The van der Waals surface area contributed by atoms with Gasteiger partial charge in [0.15, 0.2) is 5.82 Å². The number of halogens is 1. The van der Waals surface area contributed by atoms with E-state index in [1.54, 1.807) is 6.33 Å². The molecule has 1 fully saturated rings. The van der Waals surface area contributed by atoms with E-state index in [4.69, 9.17) is 16.3 Å². The van der Waals surface area contributed by atoms with Crippen LogP contribution in [0, 0.1) is 0 Å². The molecule has 0 saturated carbocycles. The largest absolute Gasteiger partial charge is 0.368 e. The molecule has 0 N–H and O–H groups in total. The van der Waals surface area contributed by atoms with Crippen molar-refractivity contribution >= 4 is 11.6 Å². The minimum Gasteiger partial charge on any atom is -0.368 e. The summed E-state index contributed by atoms with van der Waals surface area (Å²) < 4.78 is 7.85. The van der Waals surface area contributed by atoms with Gasteiger partial charge in [-0.3, -0.25) is 4.90 Å². The summed E-state index contributed by atoms with van der Waals surface area (Å²) in [7, 11) is 1.96. The van der Waals surface area contributed by atoms with Gasteiger partial charge in [-0.05, 0) is 30.0 Å². The molecule has 0 amide bonds. The summed E-state index contributed by atoms with van der Waals surface area (Å²) in [5, 5.41) is 9.06. The maximum atomic E-state index is 6.34. The van der Waals surface area contributed by atoms with Crippen molar-refractivity contribution in [3.8, 4) is 0 Å². The van der Waals surface area contributed by atoms with E-state index >= 15 is 0 Å². The van der Waals surface area contributed by atoms with E-state index < -0.39 is 0 Å². The Kier molecular flexibility index (Phi) is 3.64. The Morgan fingerprint density at radius 1 is 1.36 bits per heavy atom. The van der Waals surface area contributed by atoms with Gasteiger partial charge >= 0.3 is 0 Å². The van der Waals surface area contributed by atoms with Crippen molar-refractivity contribution in [2.45, 2.75) is 25.0 Å². The molecule has 2 atom stereocenters. The van der Waals surface area contributed by atoms with Gasteiger partial charge in [0.1, 0.15) is 12.4 Å². The number of aromatic nitrogens is 3. The van der Waals surface area contributed by atoms with Crippen molar-refractivity contribution in [2.24, 2.45) is 7.05 Å². The van der Waals surface area contributed by atoms with Crippen LogP contribution in [0.1, 0.15) is 35.5 Å². The number of fused-ring (bicyclic) bond motifs is 1. The van der Waals surface area contributed by atoms with Gasteiger partial charge in [0.2, 0.25) is 0 Å². The second-order valence-corrected chi connectivity index (χ2v) is 6.42. The number of morpholine rings is 1. The molecule has 22 heavy (non-hydrogen) atoms. The first-order valence-electron chi connectivity index (χ1n) is 7.71. The highest BCUT2D eigenvalue weighted by atomic mass is 35.5. The fourth-order valence-electron chi connectivity index (χ4n) is 3.66. The first kappa shape index (κ1) is 14.2. The van der Waals surface area contributed by atoms with Gasteiger partial charge in [-0.15, -0.1) is 10.2 Å². The van der Waals surface area contributed by atoms with Gasteiger partial charge in [0.05, 0.1) is 6.61 Å². The van der Waals surface area contributed by atoms with Crippen LogP contribution in [-0.4, -0.2) is 39.4 Å². The standard InChI is InChI=1S/C16H19ClN4O/c1-20-10-18-19-16(20)15-9-21(7-8-22-15)14-6-5-11-12(14)3-2-4-13(11)17/h2-4,10,14-15H,5-9H2,1H3/t14-,15-/m0/s1. The molecule has 1 aliphatic heterocycles. The molecule has 5 nitrogen and oxygen atoms in total. The zero-order chi connectivity index (χ0) is 15.1. The first-order chi connectivity index (χ1) is 10.7. The summed E-state index contributed by atoms with van der Waals surface area (Å²) in [6, 6.07) is 6.70. The topological polar surface area (TPSA) is 43.2 Å². The Morgan fingerprint density at radius 3 is 3.09 bits per heavy atom. The van der Waals surface area contributed by atoms with E-state index in [0.717, 1.165) is 43.4 Å². The highest BCUT2D eigenvalue weighted by Gasteiger charge is 2.34. The third-order valence-corrected chi connectivity index (χ3v) is 5.11. The van der Waals surface area contributed by atoms with Gasteiger partial charge in [-0.1, -0.05) is 23.7 Å². The summed E-state index contributed by atoms with van der Waals surface area (Å²) in [6.45, 7) is 2.53. The number of benzene rings is 1. The SMILES string of the molecule is Cn1cnnc1[C@@H]1CN([C@H]2CCc3c(Cl)cccc32)CCO1. The summed E-state index contributed by atoms with van der Waals surface area (Å²) >= 11 is 6.34. The van der Waals surface area contributed by atoms with Crippen molar-refractivity contribution in [2.75, 3.05) is 19.7 Å². The fourth-order valence-corrected chi connectivity index (χ4v) is 3.94. The van der Waals surface area contributed by atoms with Crippen LogP contribution in [0.4, 0.5) is 0 Å². The Balaban J connectivity index is 1.57. The van der Waals surface area contributed by atoms with Crippen LogP contribution in [-0.2, 0) is 18.2 Å². The smallest absolute Gasteiger partial charge is 0.163 e. The van der Waals surface area contributed by atoms with E-state index in [1.165, 1.54) is 11.1 Å². The molecule has 0 spiro atoms. The highest BCUT2D eigenvalue weighted by molar-refractivity contribution is 6.31. The lowest BCUT2D eigenvalue weighted by Crippen LogP contribution is -2.40. The molecule has 2 aromatic rings. The van der Waals surface area contributed by atoms with Crippen LogP contribution in [0.15, 0.2) is 24.5 Å². The molecule has 1 aromatic heterocycles. The molecule has 2 aliphatic rings. The number of nitrogens with zero attached hydrogens (tertiary/aromatic N) is 4. The number of ether oxygens (including phenoxy) is 1. The highest BCUT2D eigenvalue weighted by Crippen LogP contribution is 2.40. The Labute approximate surface area is 134 Å². The Morgan fingerprint density at radius 2 is 2.27 bits per heavy atom. The lowest BCUT2D eigenvalue weighted by Gasteiger charge is -2.36. The quantitative estimate of drug-likeness (QED) is 0.853. The molecule has 1 saturated heterocycles. The predicted molar refractivity (Wildman–Crippen MR) is 83.8 cm³/mol. The lowest BCUT2D eigenvalue weighted by atomic mass is 10.1. The van der Waals surface area contributed by atoms with Crippen molar-refractivity contribution in [3.05, 3.63) is 46.5 Å². The van der Waals surface area contributed by atoms with Crippen molar-refractivity contribution in [1.82, 2.24) is 19.7 Å². The van der Waals surface area contributed by atoms with E-state index in [-0.39, 0.29) is 6.10 Å². The van der Waals surface area contributed by atoms with Crippen LogP contribution < -0.4 is 0 Å². The average molecular weight is 319 g/mol. The molecule has 6 heteroatoms. The lowest BCUT2D eigenvalue weighted by molar-refractivity contribution is -0.0505. The van der Waals surface area contributed by atoms with E-state index in [0.29, 0.717) is 6.04 Å². The maximum absolute atomic E-state index is 6.34. The van der Waals surface area contributed by atoms with Crippen LogP contribution in [0.2, 0.25) is 5.02 Å². The van der Waals surface area contributed by atoms with Crippen LogP contribution in [0.5, 0.6) is 0 Å².